The Bertz CT molecular complexity index is 834. The van der Waals surface area contributed by atoms with Crippen molar-refractivity contribution >= 4 is 5.97 Å². The zero-order chi connectivity index (χ0) is 19.5. The number of nitrogens with one attached hydrogen (secondary N) is 1. The number of fused-ring (bicyclic) bond motifs is 8. The van der Waals surface area contributed by atoms with Crippen molar-refractivity contribution in [1.29, 1.82) is 0 Å². The van der Waals surface area contributed by atoms with E-state index in [0.29, 0.717) is 24.4 Å². The summed E-state index contributed by atoms with van der Waals surface area (Å²) < 4.78 is 0. The van der Waals surface area contributed by atoms with Crippen LogP contribution in [0.2, 0.25) is 0 Å². The quantitative estimate of drug-likeness (QED) is 0.670. The summed E-state index contributed by atoms with van der Waals surface area (Å²) in [7, 11) is 0. The van der Waals surface area contributed by atoms with Crippen LogP contribution in [0.4, 0.5) is 0 Å². The van der Waals surface area contributed by atoms with Gasteiger partial charge in [0, 0.05) is 12.6 Å². The van der Waals surface area contributed by atoms with E-state index in [-0.39, 0.29) is 5.92 Å². The number of rotatable bonds is 1. The maximum absolute atomic E-state index is 11.5. The lowest BCUT2D eigenvalue weighted by molar-refractivity contribution is -0.143. The number of piperidine rings is 1. The van der Waals surface area contributed by atoms with E-state index in [4.69, 9.17) is 0 Å². The molecule has 0 aromatic carbocycles. The molecule has 5 aliphatic carbocycles. The van der Waals surface area contributed by atoms with E-state index >= 15 is 0 Å². The van der Waals surface area contributed by atoms with Crippen LogP contribution in [0.3, 0.4) is 0 Å². The molecular formula is C26H33NO2. The van der Waals surface area contributed by atoms with Crippen LogP contribution in [0.1, 0.15) is 51.4 Å². The minimum Gasteiger partial charge on any atom is -0.481 e. The van der Waals surface area contributed by atoms with Gasteiger partial charge in [0.2, 0.25) is 0 Å². The van der Waals surface area contributed by atoms with Gasteiger partial charge in [0.1, 0.15) is 0 Å². The van der Waals surface area contributed by atoms with E-state index in [1.807, 2.05) is 0 Å². The van der Waals surface area contributed by atoms with Gasteiger partial charge in [-0.05, 0) is 98.0 Å². The second-order valence-electron chi connectivity index (χ2n) is 10.5. The van der Waals surface area contributed by atoms with Crippen LogP contribution in [0.15, 0.2) is 47.1 Å². The van der Waals surface area contributed by atoms with Crippen molar-refractivity contribution in [3.05, 3.63) is 47.1 Å². The molecular weight excluding hydrogens is 358 g/mol. The van der Waals surface area contributed by atoms with Gasteiger partial charge in [-0.15, -0.1) is 0 Å². The van der Waals surface area contributed by atoms with Gasteiger partial charge in [0.25, 0.3) is 0 Å². The lowest BCUT2D eigenvalue weighted by Gasteiger charge is -2.53. The molecule has 1 saturated heterocycles. The predicted octanol–water partition coefficient (Wildman–Crippen LogP) is 4.88. The Kier molecular flexibility index (Phi) is 4.37. The van der Waals surface area contributed by atoms with Crippen molar-refractivity contribution in [3.8, 4) is 0 Å². The first-order valence-corrected chi connectivity index (χ1v) is 11.9. The standard InChI is InChI=1S/C26H33NO2/c28-26(29)18-11-17-12-24-16(13-25(17)27-14-18)6-8-22-21-7-5-15-3-1-2-4-19(15)20(21)9-10-23(22)24/h1-2,4,9-10,15-18,21-22,24-25,27H,3,5-8,11-14H2,(H,28,29). The van der Waals surface area contributed by atoms with Crippen LogP contribution < -0.4 is 5.32 Å². The average Bonchev–Trinajstić information content (AvgIpc) is 2.76. The highest BCUT2D eigenvalue weighted by atomic mass is 16.4. The van der Waals surface area contributed by atoms with Crippen LogP contribution >= 0.6 is 0 Å². The summed E-state index contributed by atoms with van der Waals surface area (Å²) in [5.74, 6) is 3.46. The number of carboxylic acid groups (broad SMARTS) is 1. The van der Waals surface area contributed by atoms with Crippen molar-refractivity contribution < 1.29 is 9.90 Å². The summed E-state index contributed by atoms with van der Waals surface area (Å²) in [6.45, 7) is 0.665. The summed E-state index contributed by atoms with van der Waals surface area (Å²) in [6, 6.07) is 0.549. The SMILES string of the molecule is O=C(O)C1CNC2CC3CCC4C(=CC=C5C6=CC=CCC6CCC54)C3CC2C1. The molecule has 29 heavy (non-hydrogen) atoms. The number of allylic oxidation sites excluding steroid dienone is 8. The molecule has 6 rings (SSSR count). The number of aliphatic carboxylic acids is 1. The van der Waals surface area contributed by atoms with Gasteiger partial charge in [-0.2, -0.15) is 0 Å². The molecule has 4 fully saturated rings. The third-order valence-electron chi connectivity index (χ3n) is 9.29. The number of hydrogen-bond donors (Lipinski definition) is 2. The molecule has 8 unspecified atom stereocenters. The maximum Gasteiger partial charge on any atom is 0.307 e. The zero-order valence-electron chi connectivity index (χ0n) is 17.2. The largest absolute Gasteiger partial charge is 0.481 e. The first-order chi connectivity index (χ1) is 14.2. The Hall–Kier alpha value is -1.61. The molecule has 3 heteroatoms. The zero-order valence-corrected chi connectivity index (χ0v) is 17.2. The third-order valence-corrected chi connectivity index (χ3v) is 9.29. The average molecular weight is 392 g/mol. The molecule has 6 aliphatic rings. The monoisotopic (exact) mass is 391 g/mol. The van der Waals surface area contributed by atoms with Crippen molar-refractivity contribution in [2.24, 2.45) is 41.4 Å². The Labute approximate surface area is 174 Å². The van der Waals surface area contributed by atoms with Gasteiger partial charge in [-0.1, -0.05) is 36.0 Å². The summed E-state index contributed by atoms with van der Waals surface area (Å²) in [4.78, 5) is 11.5. The predicted molar refractivity (Wildman–Crippen MR) is 114 cm³/mol. The highest BCUT2D eigenvalue weighted by Gasteiger charge is 2.48. The van der Waals surface area contributed by atoms with Crippen LogP contribution in [-0.4, -0.2) is 23.7 Å². The third kappa shape index (κ3) is 2.91. The fourth-order valence-electron chi connectivity index (χ4n) is 7.91. The lowest BCUT2D eigenvalue weighted by atomic mass is 9.54. The molecule has 0 amide bonds. The van der Waals surface area contributed by atoms with E-state index in [1.54, 1.807) is 16.7 Å². The van der Waals surface area contributed by atoms with Gasteiger partial charge >= 0.3 is 5.97 Å². The molecule has 3 nitrogen and oxygen atoms in total. The Morgan fingerprint density at radius 3 is 2.69 bits per heavy atom. The van der Waals surface area contributed by atoms with E-state index < -0.39 is 5.97 Å². The van der Waals surface area contributed by atoms with E-state index in [2.05, 4.69) is 35.7 Å². The van der Waals surface area contributed by atoms with Crippen molar-refractivity contribution in [1.82, 2.24) is 5.32 Å². The fourth-order valence-corrected chi connectivity index (χ4v) is 7.91. The summed E-state index contributed by atoms with van der Waals surface area (Å²) in [5.41, 5.74) is 5.01. The van der Waals surface area contributed by atoms with Crippen molar-refractivity contribution in [3.63, 3.8) is 0 Å². The van der Waals surface area contributed by atoms with Crippen LogP contribution in [0, 0.1) is 41.4 Å². The molecule has 2 N–H and O–H groups in total. The first kappa shape index (κ1) is 18.2. The second kappa shape index (κ2) is 6.97. The molecule has 0 aromatic heterocycles. The number of hydrogen-bond acceptors (Lipinski definition) is 2. The maximum atomic E-state index is 11.5. The first-order valence-electron chi connectivity index (χ1n) is 11.9. The topological polar surface area (TPSA) is 49.3 Å². The van der Waals surface area contributed by atoms with Crippen molar-refractivity contribution in [2.45, 2.75) is 57.4 Å². The molecule has 154 valence electrons. The minimum atomic E-state index is -0.615. The lowest BCUT2D eigenvalue weighted by Crippen LogP contribution is -2.53. The van der Waals surface area contributed by atoms with Gasteiger partial charge in [0.05, 0.1) is 5.92 Å². The highest BCUT2D eigenvalue weighted by Crippen LogP contribution is 2.56. The van der Waals surface area contributed by atoms with E-state index in [0.717, 1.165) is 30.1 Å². The summed E-state index contributed by atoms with van der Waals surface area (Å²) in [6.07, 6.45) is 22.0. The number of carboxylic acids is 1. The summed E-state index contributed by atoms with van der Waals surface area (Å²) in [5, 5.41) is 13.1. The smallest absolute Gasteiger partial charge is 0.307 e. The van der Waals surface area contributed by atoms with Gasteiger partial charge < -0.3 is 10.4 Å². The molecule has 1 heterocycles. The second-order valence-corrected chi connectivity index (χ2v) is 10.5. The Morgan fingerprint density at radius 2 is 1.79 bits per heavy atom. The Morgan fingerprint density at radius 1 is 0.897 bits per heavy atom. The van der Waals surface area contributed by atoms with Crippen LogP contribution in [0.5, 0.6) is 0 Å². The molecule has 8 atom stereocenters. The van der Waals surface area contributed by atoms with E-state index in [1.165, 1.54) is 44.9 Å². The minimum absolute atomic E-state index is 0.194. The van der Waals surface area contributed by atoms with Crippen LogP contribution in [-0.2, 0) is 4.79 Å². The molecule has 0 radical (unpaired) electrons. The van der Waals surface area contributed by atoms with Gasteiger partial charge in [-0.25, -0.2) is 0 Å². The fraction of sp³-hybridized carbons (Fsp3) is 0.654. The molecule has 0 bridgehead atoms. The van der Waals surface area contributed by atoms with E-state index in [9.17, 15) is 9.90 Å². The van der Waals surface area contributed by atoms with Crippen LogP contribution in [0.25, 0.3) is 0 Å². The van der Waals surface area contributed by atoms with Gasteiger partial charge in [0.15, 0.2) is 0 Å². The van der Waals surface area contributed by atoms with Crippen molar-refractivity contribution in [2.75, 3.05) is 6.54 Å². The Balaban J connectivity index is 1.28. The molecule has 3 saturated carbocycles. The molecule has 0 spiro atoms. The highest BCUT2D eigenvalue weighted by molar-refractivity contribution is 5.70. The molecule has 0 aromatic rings. The summed E-state index contributed by atoms with van der Waals surface area (Å²) >= 11 is 0. The normalized spacial score (nSPS) is 45.3. The number of carbonyl (C=O) groups is 1. The molecule has 1 aliphatic heterocycles. The van der Waals surface area contributed by atoms with Gasteiger partial charge in [-0.3, -0.25) is 4.79 Å².